The molecule has 12 heavy (non-hydrogen) atoms. The molecule has 1 aromatic rings. The summed E-state index contributed by atoms with van der Waals surface area (Å²) in [6.45, 7) is 2.15. The lowest BCUT2D eigenvalue weighted by Crippen LogP contribution is -1.88. The summed E-state index contributed by atoms with van der Waals surface area (Å²) in [5.41, 5.74) is 2.09. The van der Waals surface area contributed by atoms with Gasteiger partial charge in [-0.1, -0.05) is 19.3 Å². The molecule has 1 nitrogen and oxygen atoms in total. The van der Waals surface area contributed by atoms with Crippen LogP contribution < -0.4 is 0 Å². The van der Waals surface area contributed by atoms with E-state index >= 15 is 0 Å². The van der Waals surface area contributed by atoms with Crippen molar-refractivity contribution in [2.24, 2.45) is 0 Å². The Bertz CT molecular complexity index is 292. The van der Waals surface area contributed by atoms with Crippen molar-refractivity contribution in [2.45, 2.75) is 19.8 Å². The summed E-state index contributed by atoms with van der Waals surface area (Å²) in [5.74, 6) is 2.88. The van der Waals surface area contributed by atoms with Crippen LogP contribution in [0.15, 0.2) is 18.3 Å². The van der Waals surface area contributed by atoms with E-state index < -0.39 is 0 Å². The van der Waals surface area contributed by atoms with E-state index in [4.69, 9.17) is 0 Å². The summed E-state index contributed by atoms with van der Waals surface area (Å²) in [6, 6.07) is 4.02. The van der Waals surface area contributed by atoms with Gasteiger partial charge in [0.15, 0.2) is 0 Å². The molecule has 0 aliphatic rings. The van der Waals surface area contributed by atoms with E-state index in [2.05, 4.69) is 38.6 Å². The maximum atomic E-state index is 4.26. The van der Waals surface area contributed by atoms with Crippen molar-refractivity contribution in [3.05, 3.63) is 29.6 Å². The predicted molar refractivity (Wildman–Crippen MR) is 54.0 cm³/mol. The van der Waals surface area contributed by atoms with E-state index in [1.165, 1.54) is 0 Å². The number of nitrogens with zero attached hydrogens (tertiary/aromatic N) is 1. The molecule has 0 saturated heterocycles. The summed E-state index contributed by atoms with van der Waals surface area (Å²) < 4.78 is 0. The second-order valence-electron chi connectivity index (χ2n) is 2.51. The first kappa shape index (κ1) is 9.28. The minimum absolute atomic E-state index is 0.951. The lowest BCUT2D eigenvalue weighted by Gasteiger charge is -1.95. The van der Waals surface area contributed by atoms with Crippen LogP contribution in [0.5, 0.6) is 0 Å². The zero-order valence-electron chi connectivity index (χ0n) is 6.97. The molecule has 62 valence electrons. The molecule has 0 aromatic carbocycles. The summed E-state index contributed by atoms with van der Waals surface area (Å²) in [5, 5.41) is 0. The molecule has 0 atom stereocenters. The van der Waals surface area contributed by atoms with E-state index in [1.54, 1.807) is 6.20 Å². The third kappa shape index (κ3) is 2.67. The average molecular weight is 224 g/mol. The predicted octanol–water partition coefficient (Wildman–Crippen LogP) is 2.74. The smallest absolute Gasteiger partial charge is 0.0437 e. The first-order chi connectivity index (χ1) is 5.86. The second-order valence-corrected chi connectivity index (χ2v) is 2.90. The van der Waals surface area contributed by atoms with Crippen molar-refractivity contribution >= 4 is 15.9 Å². The molecule has 0 saturated carbocycles. The van der Waals surface area contributed by atoms with Crippen molar-refractivity contribution in [3.63, 3.8) is 0 Å². The highest BCUT2D eigenvalue weighted by Crippen LogP contribution is 2.01. The Balaban J connectivity index is 2.76. The molecular weight excluding hydrogens is 214 g/mol. The Morgan fingerprint density at radius 1 is 1.50 bits per heavy atom. The van der Waals surface area contributed by atoms with Gasteiger partial charge in [-0.05, 0) is 23.4 Å². The highest BCUT2D eigenvalue weighted by molar-refractivity contribution is 9.12. The molecule has 1 aromatic heterocycles. The van der Waals surface area contributed by atoms with Crippen LogP contribution in [0, 0.1) is 10.8 Å². The van der Waals surface area contributed by atoms with E-state index in [9.17, 15) is 0 Å². The van der Waals surface area contributed by atoms with E-state index in [0.29, 0.717) is 0 Å². The largest absolute Gasteiger partial charge is 0.260 e. The summed E-state index contributed by atoms with van der Waals surface area (Å²) in [4.78, 5) is 6.92. The minimum atomic E-state index is 0.951. The first-order valence-corrected chi connectivity index (χ1v) is 4.72. The Labute approximate surface area is 81.3 Å². The zero-order valence-corrected chi connectivity index (χ0v) is 8.56. The van der Waals surface area contributed by atoms with Gasteiger partial charge in [-0.3, -0.25) is 4.98 Å². The highest BCUT2D eigenvalue weighted by Gasteiger charge is 1.91. The van der Waals surface area contributed by atoms with Gasteiger partial charge in [-0.2, -0.15) is 0 Å². The fourth-order valence-electron chi connectivity index (χ4n) is 0.957. The van der Waals surface area contributed by atoms with Crippen LogP contribution in [0.2, 0.25) is 0 Å². The summed E-state index contributed by atoms with van der Waals surface area (Å²) in [6.07, 6.45) is 3.98. The normalized spacial score (nSPS) is 8.83. The first-order valence-electron chi connectivity index (χ1n) is 3.93. The van der Waals surface area contributed by atoms with E-state index in [1.807, 2.05) is 12.1 Å². The van der Waals surface area contributed by atoms with Gasteiger partial charge in [0.1, 0.15) is 0 Å². The van der Waals surface area contributed by atoms with Gasteiger partial charge in [-0.25, -0.2) is 0 Å². The molecule has 0 aliphatic carbocycles. The molecule has 0 amide bonds. The van der Waals surface area contributed by atoms with E-state index in [-0.39, 0.29) is 0 Å². The van der Waals surface area contributed by atoms with E-state index in [0.717, 1.165) is 24.1 Å². The topological polar surface area (TPSA) is 12.9 Å². The van der Waals surface area contributed by atoms with Gasteiger partial charge in [-0.15, -0.1) is 0 Å². The number of hydrogen-bond donors (Lipinski definition) is 0. The van der Waals surface area contributed by atoms with Gasteiger partial charge < -0.3 is 0 Å². The Morgan fingerprint density at radius 2 is 2.33 bits per heavy atom. The van der Waals surface area contributed by atoms with Crippen molar-refractivity contribution in [3.8, 4) is 10.8 Å². The lowest BCUT2D eigenvalue weighted by atomic mass is 10.2. The van der Waals surface area contributed by atoms with Crippen LogP contribution in [0.3, 0.4) is 0 Å². The zero-order chi connectivity index (χ0) is 8.81. The Hall–Kier alpha value is -0.810. The molecular formula is C10H10BrN. The summed E-state index contributed by atoms with van der Waals surface area (Å²) in [7, 11) is 0. The molecule has 1 heterocycles. The average Bonchev–Trinajstić information content (AvgIpc) is 2.09. The third-order valence-corrected chi connectivity index (χ3v) is 1.72. The van der Waals surface area contributed by atoms with Crippen LogP contribution in [-0.2, 0) is 6.42 Å². The third-order valence-electron chi connectivity index (χ3n) is 1.52. The van der Waals surface area contributed by atoms with Crippen LogP contribution in [-0.4, -0.2) is 4.98 Å². The quantitative estimate of drug-likeness (QED) is 0.704. The van der Waals surface area contributed by atoms with Crippen molar-refractivity contribution in [1.82, 2.24) is 4.98 Å². The Kier molecular flexibility index (Phi) is 3.83. The second kappa shape index (κ2) is 4.95. The molecule has 1 rings (SSSR count). The van der Waals surface area contributed by atoms with Gasteiger partial charge in [0.2, 0.25) is 0 Å². The fourth-order valence-corrected chi connectivity index (χ4v) is 1.19. The maximum absolute atomic E-state index is 4.26. The molecule has 0 radical (unpaired) electrons. The highest BCUT2D eigenvalue weighted by atomic mass is 79.9. The fraction of sp³-hybridized carbons (Fsp3) is 0.300. The van der Waals surface area contributed by atoms with Crippen LogP contribution in [0.25, 0.3) is 0 Å². The molecule has 0 bridgehead atoms. The molecule has 0 spiro atoms. The molecule has 0 aliphatic heterocycles. The number of aromatic nitrogens is 1. The number of rotatable bonds is 2. The van der Waals surface area contributed by atoms with Crippen LogP contribution in [0.4, 0.5) is 0 Å². The molecule has 0 N–H and O–H groups in total. The maximum Gasteiger partial charge on any atom is 0.0437 e. The van der Waals surface area contributed by atoms with Gasteiger partial charge >= 0.3 is 0 Å². The minimum Gasteiger partial charge on any atom is -0.260 e. The van der Waals surface area contributed by atoms with Crippen molar-refractivity contribution in [1.29, 1.82) is 0 Å². The Morgan fingerprint density at radius 3 is 2.83 bits per heavy atom. The van der Waals surface area contributed by atoms with Crippen molar-refractivity contribution in [2.75, 3.05) is 0 Å². The van der Waals surface area contributed by atoms with Gasteiger partial charge in [0.25, 0.3) is 0 Å². The van der Waals surface area contributed by atoms with Crippen LogP contribution >= 0.6 is 15.9 Å². The van der Waals surface area contributed by atoms with Crippen molar-refractivity contribution < 1.29 is 0 Å². The number of hydrogen-bond acceptors (Lipinski definition) is 1. The summed E-state index contributed by atoms with van der Waals surface area (Å²) >= 11 is 3.05. The molecule has 0 fully saturated rings. The molecule has 2 heteroatoms. The van der Waals surface area contributed by atoms with Gasteiger partial charge in [0, 0.05) is 33.4 Å². The number of aryl methyl sites for hydroxylation is 1. The van der Waals surface area contributed by atoms with Crippen LogP contribution in [0.1, 0.15) is 24.6 Å². The lowest BCUT2D eigenvalue weighted by molar-refractivity contribution is 0.882. The monoisotopic (exact) mass is 223 g/mol. The number of halogens is 1. The number of pyridine rings is 1. The molecule has 0 unspecified atom stereocenters. The SMILES string of the molecule is CCCc1ccc(C#CBr)cn1. The standard InChI is InChI=1S/C10H10BrN/c1-2-3-10-5-4-9(6-7-11)8-12-10/h4-5,8H,2-3H2,1H3. The van der Waals surface area contributed by atoms with Gasteiger partial charge in [0.05, 0.1) is 0 Å².